The van der Waals surface area contributed by atoms with Gasteiger partial charge in [0.25, 0.3) is 0 Å². The van der Waals surface area contributed by atoms with Crippen LogP contribution in [0.3, 0.4) is 0 Å². The van der Waals surface area contributed by atoms with Gasteiger partial charge in [-0.3, -0.25) is 9.59 Å². The third-order valence-electron chi connectivity index (χ3n) is 3.63. The van der Waals surface area contributed by atoms with Gasteiger partial charge < -0.3 is 10.6 Å². The van der Waals surface area contributed by atoms with E-state index in [1.54, 1.807) is 18.3 Å². The van der Waals surface area contributed by atoms with Crippen molar-refractivity contribution < 1.29 is 9.59 Å². The van der Waals surface area contributed by atoms with Gasteiger partial charge in [-0.25, -0.2) is 4.98 Å². The number of hydrogen-bond acceptors (Lipinski definition) is 4. The average molecular weight is 347 g/mol. The highest BCUT2D eigenvalue weighted by molar-refractivity contribution is 7.18. The zero-order valence-corrected chi connectivity index (χ0v) is 15.5. The summed E-state index contributed by atoms with van der Waals surface area (Å²) in [5.74, 6) is -0.281. The Bertz CT molecular complexity index is 685. The van der Waals surface area contributed by atoms with Crippen molar-refractivity contribution in [2.75, 3.05) is 6.54 Å². The number of amides is 2. The molecule has 0 saturated carbocycles. The van der Waals surface area contributed by atoms with E-state index in [-0.39, 0.29) is 11.8 Å². The number of hydrogen-bond donors (Lipinski definition) is 2. The molecule has 0 bridgehead atoms. The Labute approximate surface area is 146 Å². The third-order valence-corrected chi connectivity index (χ3v) is 4.72. The number of para-hydroxylation sites is 1. The van der Waals surface area contributed by atoms with Gasteiger partial charge >= 0.3 is 0 Å². The quantitative estimate of drug-likeness (QED) is 0.789. The van der Waals surface area contributed by atoms with Gasteiger partial charge in [0.05, 0.1) is 15.2 Å². The number of benzene rings is 1. The second kappa shape index (κ2) is 7.75. The molecule has 0 saturated heterocycles. The van der Waals surface area contributed by atoms with Crippen LogP contribution in [0.5, 0.6) is 0 Å². The summed E-state index contributed by atoms with van der Waals surface area (Å²) < 4.78 is 1.19. The molecule has 0 fully saturated rings. The van der Waals surface area contributed by atoms with Crippen LogP contribution in [-0.4, -0.2) is 29.4 Å². The van der Waals surface area contributed by atoms with Gasteiger partial charge in [0, 0.05) is 18.4 Å². The molecule has 24 heavy (non-hydrogen) atoms. The largest absolute Gasteiger partial charge is 0.354 e. The predicted molar refractivity (Wildman–Crippen MR) is 98.0 cm³/mol. The molecule has 2 amide bonds. The second-order valence-corrected chi connectivity index (χ2v) is 8.03. The lowest BCUT2D eigenvalue weighted by Crippen LogP contribution is -2.48. The second-order valence-electron chi connectivity index (χ2n) is 6.92. The minimum Gasteiger partial charge on any atom is -0.354 e. The number of aromatic nitrogens is 1. The maximum absolute atomic E-state index is 12.0. The molecule has 5 nitrogen and oxygen atoms in total. The molecule has 1 atom stereocenters. The van der Waals surface area contributed by atoms with Crippen molar-refractivity contribution in [1.82, 2.24) is 15.6 Å². The van der Waals surface area contributed by atoms with E-state index in [1.165, 1.54) is 4.70 Å². The van der Waals surface area contributed by atoms with Crippen molar-refractivity contribution in [2.24, 2.45) is 5.41 Å². The Hall–Kier alpha value is -1.95. The van der Waals surface area contributed by atoms with Crippen LogP contribution in [0.1, 0.15) is 39.1 Å². The highest BCUT2D eigenvalue weighted by Crippen LogP contribution is 2.22. The molecule has 0 aliphatic carbocycles. The number of carbonyl (C=O) groups excluding carboxylic acids is 2. The Kier molecular flexibility index (Phi) is 5.94. The monoisotopic (exact) mass is 347 g/mol. The number of nitrogens with zero attached hydrogens (tertiary/aromatic N) is 1. The van der Waals surface area contributed by atoms with E-state index >= 15 is 0 Å². The van der Waals surface area contributed by atoms with Crippen molar-refractivity contribution in [2.45, 2.75) is 46.6 Å². The molecule has 1 aromatic heterocycles. The van der Waals surface area contributed by atoms with Crippen LogP contribution in [0.25, 0.3) is 10.2 Å². The maximum Gasteiger partial charge on any atom is 0.242 e. The number of thiazole rings is 1. The smallest absolute Gasteiger partial charge is 0.242 e. The Morgan fingerprint density at radius 2 is 1.96 bits per heavy atom. The first-order valence-electron chi connectivity index (χ1n) is 8.20. The summed E-state index contributed by atoms with van der Waals surface area (Å²) in [5.41, 5.74) is 0.529. The number of aryl methyl sites for hydroxylation is 1. The van der Waals surface area contributed by atoms with Gasteiger partial charge in [-0.2, -0.15) is 0 Å². The van der Waals surface area contributed by atoms with Crippen LogP contribution >= 0.6 is 11.3 Å². The Balaban J connectivity index is 1.73. The lowest BCUT2D eigenvalue weighted by Gasteiger charge is -2.21. The maximum atomic E-state index is 12.0. The number of carbonyl (C=O) groups is 2. The Morgan fingerprint density at radius 1 is 1.25 bits per heavy atom. The van der Waals surface area contributed by atoms with Crippen LogP contribution in [0.2, 0.25) is 0 Å². The minimum atomic E-state index is -0.529. The summed E-state index contributed by atoms with van der Waals surface area (Å²) in [4.78, 5) is 28.5. The highest BCUT2D eigenvalue weighted by atomic mass is 32.1. The minimum absolute atomic E-state index is 0.125. The van der Waals surface area contributed by atoms with E-state index in [4.69, 9.17) is 0 Å². The van der Waals surface area contributed by atoms with Crippen LogP contribution in [0.4, 0.5) is 0 Å². The summed E-state index contributed by atoms with van der Waals surface area (Å²) in [7, 11) is 0. The predicted octanol–water partition coefficient (Wildman–Crippen LogP) is 2.90. The van der Waals surface area contributed by atoms with E-state index in [2.05, 4.69) is 21.7 Å². The molecule has 1 aromatic carbocycles. The topological polar surface area (TPSA) is 71.1 Å². The van der Waals surface area contributed by atoms with E-state index < -0.39 is 11.5 Å². The first-order chi connectivity index (χ1) is 11.3. The fraction of sp³-hybridized carbons (Fsp3) is 0.500. The van der Waals surface area contributed by atoms with Gasteiger partial charge in [-0.05, 0) is 25.5 Å². The third kappa shape index (κ3) is 5.03. The summed E-state index contributed by atoms with van der Waals surface area (Å²) in [6, 6.07) is 7.55. The summed E-state index contributed by atoms with van der Waals surface area (Å²) >= 11 is 1.69. The lowest BCUT2D eigenvalue weighted by molar-refractivity contribution is -0.133. The fourth-order valence-electron chi connectivity index (χ4n) is 2.11. The lowest BCUT2D eigenvalue weighted by atomic mass is 9.95. The van der Waals surface area contributed by atoms with Crippen molar-refractivity contribution in [3.63, 3.8) is 0 Å². The van der Waals surface area contributed by atoms with Crippen LogP contribution < -0.4 is 10.6 Å². The van der Waals surface area contributed by atoms with Gasteiger partial charge in [-0.1, -0.05) is 32.9 Å². The van der Waals surface area contributed by atoms with Crippen molar-refractivity contribution in [3.8, 4) is 0 Å². The molecule has 0 spiro atoms. The van der Waals surface area contributed by atoms with Crippen molar-refractivity contribution >= 4 is 33.4 Å². The normalized spacial score (nSPS) is 12.8. The molecular formula is C18H25N3O2S. The molecular weight excluding hydrogens is 322 g/mol. The Morgan fingerprint density at radius 3 is 2.62 bits per heavy atom. The molecule has 2 N–H and O–H groups in total. The van der Waals surface area contributed by atoms with Crippen molar-refractivity contribution in [3.05, 3.63) is 29.3 Å². The molecule has 130 valence electrons. The molecule has 1 unspecified atom stereocenters. The molecule has 2 aromatic rings. The number of rotatable bonds is 6. The first-order valence-corrected chi connectivity index (χ1v) is 9.02. The van der Waals surface area contributed by atoms with E-state index in [9.17, 15) is 9.59 Å². The zero-order valence-electron chi connectivity index (χ0n) is 14.7. The van der Waals surface area contributed by atoms with Gasteiger partial charge in [0.2, 0.25) is 11.8 Å². The number of fused-ring (bicyclic) bond motifs is 1. The highest BCUT2D eigenvalue weighted by Gasteiger charge is 2.24. The number of nitrogens with one attached hydrogen (secondary N) is 2. The standard InChI is InChI=1S/C18H25N3O2S/c1-12(20-17(23)18(2,3)4)16(22)19-11-7-10-15-21-13-8-5-6-9-14(13)24-15/h5-6,8-9,12H,7,10-11H2,1-4H3,(H,19,22)(H,20,23). The first kappa shape index (κ1) is 18.4. The summed E-state index contributed by atoms with van der Waals surface area (Å²) in [6.45, 7) is 7.75. The molecule has 0 aliphatic rings. The molecule has 6 heteroatoms. The fourth-order valence-corrected chi connectivity index (χ4v) is 3.12. The van der Waals surface area contributed by atoms with Gasteiger partial charge in [0.1, 0.15) is 6.04 Å². The molecule has 1 heterocycles. The molecule has 0 aliphatic heterocycles. The van der Waals surface area contributed by atoms with Crippen LogP contribution in [0, 0.1) is 5.41 Å². The van der Waals surface area contributed by atoms with E-state index in [0.717, 1.165) is 23.4 Å². The zero-order chi connectivity index (χ0) is 17.7. The van der Waals surface area contributed by atoms with Crippen molar-refractivity contribution in [1.29, 1.82) is 0 Å². The van der Waals surface area contributed by atoms with Gasteiger partial charge in [-0.15, -0.1) is 11.3 Å². The van der Waals surface area contributed by atoms with Gasteiger partial charge in [0.15, 0.2) is 0 Å². The van der Waals surface area contributed by atoms with Crippen LogP contribution in [0.15, 0.2) is 24.3 Å². The summed E-state index contributed by atoms with van der Waals surface area (Å²) in [5, 5.41) is 6.68. The molecule has 0 radical (unpaired) electrons. The van der Waals surface area contributed by atoms with Crippen LogP contribution in [-0.2, 0) is 16.0 Å². The van der Waals surface area contributed by atoms with E-state index in [1.807, 2.05) is 39.0 Å². The molecule has 2 rings (SSSR count). The van der Waals surface area contributed by atoms with E-state index in [0.29, 0.717) is 6.54 Å². The summed E-state index contributed by atoms with van der Waals surface area (Å²) in [6.07, 6.45) is 1.66. The SMILES string of the molecule is CC(NC(=O)C(C)(C)C)C(=O)NCCCc1nc2ccccc2s1. The average Bonchev–Trinajstić information content (AvgIpc) is 2.93.